The molecule has 0 radical (unpaired) electrons. The van der Waals surface area contributed by atoms with Crippen LogP contribution in [0.2, 0.25) is 0 Å². The highest BCUT2D eigenvalue weighted by Crippen LogP contribution is 2.25. The molecule has 2 N–H and O–H groups in total. The van der Waals surface area contributed by atoms with Gasteiger partial charge in [0.25, 0.3) is 10.0 Å². The molecule has 0 saturated carbocycles. The molecular weight excluding hydrogens is 368 g/mol. The Bertz CT molecular complexity index is 1020. The summed E-state index contributed by atoms with van der Waals surface area (Å²) in [5.41, 5.74) is 2.81. The number of thiophene rings is 1. The van der Waals surface area contributed by atoms with Crippen LogP contribution in [-0.2, 0) is 10.0 Å². The molecule has 0 bridgehead atoms. The van der Waals surface area contributed by atoms with Crippen LogP contribution in [0.5, 0.6) is 0 Å². The summed E-state index contributed by atoms with van der Waals surface area (Å²) in [7, 11) is -3.56. The van der Waals surface area contributed by atoms with Gasteiger partial charge in [-0.3, -0.25) is 9.52 Å². The van der Waals surface area contributed by atoms with E-state index in [2.05, 4.69) is 10.0 Å². The molecule has 0 aliphatic heterocycles. The first kappa shape index (κ1) is 18.2. The second-order valence-corrected chi connectivity index (χ2v) is 9.00. The number of Topliss-reactive ketones (excluding diaryl/α,β-unsaturated/α-hetero) is 1. The minimum Gasteiger partial charge on any atom is -0.356 e. The SMILES string of the molecule is CC(=O)c1ccc(Nc2ccc(NS(=O)(=O)c3ccc(C)s3)cc2)cc1. The molecule has 0 aliphatic carbocycles. The number of carbonyl (C=O) groups excluding carboxylic acids is 1. The molecule has 0 fully saturated rings. The average molecular weight is 386 g/mol. The number of nitrogens with one attached hydrogen (secondary N) is 2. The zero-order valence-corrected chi connectivity index (χ0v) is 15.9. The predicted octanol–water partition coefficient (Wildman–Crippen LogP) is 4.80. The summed E-state index contributed by atoms with van der Waals surface area (Å²) in [6.45, 7) is 3.40. The van der Waals surface area contributed by atoms with E-state index in [4.69, 9.17) is 0 Å². The van der Waals surface area contributed by atoms with Crippen LogP contribution in [-0.4, -0.2) is 14.2 Å². The molecule has 0 saturated heterocycles. The number of hydrogen-bond acceptors (Lipinski definition) is 5. The van der Waals surface area contributed by atoms with Gasteiger partial charge in [0.05, 0.1) is 0 Å². The van der Waals surface area contributed by atoms with Gasteiger partial charge in [-0.25, -0.2) is 8.42 Å². The third-order valence-corrected chi connectivity index (χ3v) is 6.57. The topological polar surface area (TPSA) is 75.3 Å². The van der Waals surface area contributed by atoms with Gasteiger partial charge in [0.15, 0.2) is 5.78 Å². The van der Waals surface area contributed by atoms with E-state index in [1.807, 2.05) is 19.1 Å². The molecule has 134 valence electrons. The molecular formula is C19H18N2O3S2. The lowest BCUT2D eigenvalue weighted by molar-refractivity contribution is 0.101. The zero-order chi connectivity index (χ0) is 18.7. The quantitative estimate of drug-likeness (QED) is 0.597. The van der Waals surface area contributed by atoms with Crippen molar-refractivity contribution in [1.29, 1.82) is 0 Å². The Morgan fingerprint density at radius 3 is 1.88 bits per heavy atom. The number of benzene rings is 2. The number of anilines is 3. The first-order valence-electron chi connectivity index (χ1n) is 7.91. The number of carbonyl (C=O) groups is 1. The molecule has 3 aromatic rings. The molecule has 5 nitrogen and oxygen atoms in total. The third kappa shape index (κ3) is 4.30. The lowest BCUT2D eigenvalue weighted by atomic mass is 10.1. The maximum Gasteiger partial charge on any atom is 0.271 e. The van der Waals surface area contributed by atoms with Crippen LogP contribution in [0, 0.1) is 6.92 Å². The predicted molar refractivity (Wildman–Crippen MR) is 106 cm³/mol. The van der Waals surface area contributed by atoms with Crippen molar-refractivity contribution >= 4 is 44.2 Å². The summed E-state index contributed by atoms with van der Waals surface area (Å²) >= 11 is 1.24. The fourth-order valence-electron chi connectivity index (χ4n) is 2.34. The van der Waals surface area contributed by atoms with Gasteiger partial charge in [0.1, 0.15) is 4.21 Å². The van der Waals surface area contributed by atoms with E-state index in [1.54, 1.807) is 48.5 Å². The zero-order valence-electron chi connectivity index (χ0n) is 14.3. The lowest BCUT2D eigenvalue weighted by Crippen LogP contribution is -2.11. The summed E-state index contributed by atoms with van der Waals surface area (Å²) in [5, 5.41) is 3.21. The van der Waals surface area contributed by atoms with E-state index in [0.717, 1.165) is 16.3 Å². The Kier molecular flexibility index (Phi) is 5.11. The Morgan fingerprint density at radius 1 is 0.846 bits per heavy atom. The minimum atomic E-state index is -3.56. The van der Waals surface area contributed by atoms with Crippen LogP contribution in [0.25, 0.3) is 0 Å². The fourth-order valence-corrected chi connectivity index (χ4v) is 4.68. The van der Waals surface area contributed by atoms with Gasteiger partial charge in [-0.1, -0.05) is 0 Å². The molecule has 0 aliphatic rings. The Morgan fingerprint density at radius 2 is 1.38 bits per heavy atom. The molecule has 1 aromatic heterocycles. The molecule has 26 heavy (non-hydrogen) atoms. The van der Waals surface area contributed by atoms with Crippen molar-refractivity contribution in [3.05, 3.63) is 71.1 Å². The number of sulfonamides is 1. The van der Waals surface area contributed by atoms with Crippen LogP contribution in [0.4, 0.5) is 17.1 Å². The third-order valence-electron chi connectivity index (χ3n) is 3.70. The lowest BCUT2D eigenvalue weighted by Gasteiger charge is -2.09. The highest BCUT2D eigenvalue weighted by atomic mass is 32.2. The van der Waals surface area contributed by atoms with Gasteiger partial charge >= 0.3 is 0 Å². The summed E-state index contributed by atoms with van der Waals surface area (Å²) in [5.74, 6) is 0.0223. The smallest absolute Gasteiger partial charge is 0.271 e. The van der Waals surface area contributed by atoms with Crippen molar-refractivity contribution in [1.82, 2.24) is 0 Å². The van der Waals surface area contributed by atoms with E-state index in [1.165, 1.54) is 18.3 Å². The highest BCUT2D eigenvalue weighted by molar-refractivity contribution is 7.94. The van der Waals surface area contributed by atoms with E-state index in [0.29, 0.717) is 15.5 Å². The molecule has 1 heterocycles. The van der Waals surface area contributed by atoms with Crippen LogP contribution in [0.1, 0.15) is 22.2 Å². The van der Waals surface area contributed by atoms with Crippen LogP contribution in [0.3, 0.4) is 0 Å². The van der Waals surface area contributed by atoms with Gasteiger partial charge in [-0.2, -0.15) is 0 Å². The summed E-state index contributed by atoms with van der Waals surface area (Å²) < 4.78 is 27.5. The first-order chi connectivity index (χ1) is 12.3. The normalized spacial score (nSPS) is 11.2. The molecule has 0 spiro atoms. The van der Waals surface area contributed by atoms with Gasteiger partial charge in [0, 0.05) is 27.5 Å². The van der Waals surface area contributed by atoms with Crippen LogP contribution < -0.4 is 10.0 Å². The highest BCUT2D eigenvalue weighted by Gasteiger charge is 2.16. The van der Waals surface area contributed by atoms with Gasteiger partial charge in [-0.05, 0) is 74.5 Å². The van der Waals surface area contributed by atoms with Crippen LogP contribution in [0.15, 0.2) is 64.9 Å². The molecule has 0 amide bonds. The van der Waals surface area contributed by atoms with Gasteiger partial charge < -0.3 is 5.32 Å². The monoisotopic (exact) mass is 386 g/mol. The number of ketones is 1. The molecule has 0 atom stereocenters. The summed E-state index contributed by atoms with van der Waals surface area (Å²) in [6, 6.07) is 17.5. The fraction of sp³-hybridized carbons (Fsp3) is 0.105. The Labute approximate surface area is 156 Å². The standard InChI is InChI=1S/C19H18N2O3S2/c1-13-3-12-19(25-13)26(23,24)21-18-10-8-17(9-11-18)20-16-6-4-15(5-7-16)14(2)22/h3-12,20-21H,1-2H3. The number of aryl methyl sites for hydroxylation is 1. The minimum absolute atomic E-state index is 0.0223. The van der Waals surface area contributed by atoms with Gasteiger partial charge in [0.2, 0.25) is 0 Å². The van der Waals surface area contributed by atoms with E-state index in [9.17, 15) is 13.2 Å². The van der Waals surface area contributed by atoms with E-state index < -0.39 is 10.0 Å². The van der Waals surface area contributed by atoms with Crippen molar-refractivity contribution < 1.29 is 13.2 Å². The van der Waals surface area contributed by atoms with E-state index >= 15 is 0 Å². The van der Waals surface area contributed by atoms with Crippen molar-refractivity contribution in [2.24, 2.45) is 0 Å². The number of rotatable bonds is 6. The Balaban J connectivity index is 1.69. The van der Waals surface area contributed by atoms with Crippen molar-refractivity contribution in [3.8, 4) is 0 Å². The molecule has 3 rings (SSSR count). The largest absolute Gasteiger partial charge is 0.356 e. The first-order valence-corrected chi connectivity index (χ1v) is 10.2. The summed E-state index contributed by atoms with van der Waals surface area (Å²) in [4.78, 5) is 12.2. The van der Waals surface area contributed by atoms with Crippen molar-refractivity contribution in [2.75, 3.05) is 10.0 Å². The maximum absolute atomic E-state index is 12.3. The molecule has 2 aromatic carbocycles. The van der Waals surface area contributed by atoms with E-state index in [-0.39, 0.29) is 5.78 Å². The molecule has 0 unspecified atom stereocenters. The van der Waals surface area contributed by atoms with Crippen molar-refractivity contribution in [2.45, 2.75) is 18.1 Å². The van der Waals surface area contributed by atoms with Crippen LogP contribution >= 0.6 is 11.3 Å². The molecule has 7 heteroatoms. The second kappa shape index (κ2) is 7.31. The van der Waals surface area contributed by atoms with Crippen molar-refractivity contribution in [3.63, 3.8) is 0 Å². The second-order valence-electron chi connectivity index (χ2n) is 5.81. The Hall–Kier alpha value is -2.64. The summed E-state index contributed by atoms with van der Waals surface area (Å²) in [6.07, 6.45) is 0. The maximum atomic E-state index is 12.3. The van der Waals surface area contributed by atoms with Gasteiger partial charge in [-0.15, -0.1) is 11.3 Å². The number of hydrogen-bond donors (Lipinski definition) is 2. The average Bonchev–Trinajstić information content (AvgIpc) is 3.04.